The maximum absolute atomic E-state index is 11.6. The van der Waals surface area contributed by atoms with Crippen LogP contribution in [0.25, 0.3) is 12.2 Å². The summed E-state index contributed by atoms with van der Waals surface area (Å²) in [5.41, 5.74) is 1.73. The second-order valence-electron chi connectivity index (χ2n) is 5.56. The molecule has 0 aromatic heterocycles. The van der Waals surface area contributed by atoms with Gasteiger partial charge in [0.05, 0.1) is 24.6 Å². The zero-order chi connectivity index (χ0) is 21.1. The lowest BCUT2D eigenvalue weighted by molar-refractivity contribution is -0.138. The minimum absolute atomic E-state index is 0.233. The Labute approximate surface area is 163 Å². The third-order valence-electron chi connectivity index (χ3n) is 3.21. The summed E-state index contributed by atoms with van der Waals surface area (Å²) >= 11 is 0. The number of carbonyl (C=O) groups excluding carboxylic acids is 4. The van der Waals surface area contributed by atoms with E-state index >= 15 is 0 Å². The average Bonchev–Trinajstić information content (AvgIpc) is 2.59. The number of benzene rings is 1. The van der Waals surface area contributed by atoms with Crippen molar-refractivity contribution in [2.45, 2.75) is 27.7 Å². The molecule has 2 amide bonds. The molecule has 0 saturated carbocycles. The Morgan fingerprint density at radius 2 is 1.18 bits per heavy atom. The maximum atomic E-state index is 11.6. The summed E-state index contributed by atoms with van der Waals surface area (Å²) < 4.78 is 9.70. The van der Waals surface area contributed by atoms with Crippen LogP contribution in [-0.2, 0) is 28.7 Å². The highest BCUT2D eigenvalue weighted by molar-refractivity contribution is 5.99. The number of rotatable bonds is 8. The topological polar surface area (TPSA) is 111 Å². The van der Waals surface area contributed by atoms with E-state index in [0.29, 0.717) is 22.5 Å². The van der Waals surface area contributed by atoms with Gasteiger partial charge in [-0.15, -0.1) is 0 Å². The van der Waals surface area contributed by atoms with Crippen molar-refractivity contribution in [3.63, 3.8) is 0 Å². The number of hydrogen-bond donors (Lipinski definition) is 2. The summed E-state index contributed by atoms with van der Waals surface area (Å²) in [5.74, 6) is -1.72. The summed E-state index contributed by atoms with van der Waals surface area (Å²) in [5, 5.41) is 5.29. The molecule has 1 rings (SSSR count). The van der Waals surface area contributed by atoms with E-state index in [1.165, 1.54) is 38.2 Å². The van der Waals surface area contributed by atoms with Gasteiger partial charge in [-0.3, -0.25) is 9.59 Å². The standard InChI is InChI=1S/C20H24N2O6/c1-5-27-19(25)9-7-15-11-16(8-10-20(26)28-6-2)18(22-14(4)24)12-17(15)21-13(3)23/h7-12H,5-6H2,1-4H3,(H,21,23)(H,22,24). The molecule has 1 aromatic rings. The van der Waals surface area contributed by atoms with Crippen molar-refractivity contribution in [2.75, 3.05) is 23.8 Å². The van der Waals surface area contributed by atoms with Gasteiger partial charge in [0.2, 0.25) is 11.8 Å². The molecule has 8 nitrogen and oxygen atoms in total. The lowest BCUT2D eigenvalue weighted by Gasteiger charge is -2.14. The summed E-state index contributed by atoms with van der Waals surface area (Å²) in [6.07, 6.45) is 5.40. The number of hydrogen-bond acceptors (Lipinski definition) is 6. The Balaban J connectivity index is 3.42. The van der Waals surface area contributed by atoms with Crippen LogP contribution in [-0.4, -0.2) is 37.0 Å². The van der Waals surface area contributed by atoms with Crippen molar-refractivity contribution in [3.8, 4) is 0 Å². The van der Waals surface area contributed by atoms with Crippen LogP contribution < -0.4 is 10.6 Å². The number of nitrogens with one attached hydrogen (secondary N) is 2. The molecule has 0 aliphatic carbocycles. The second kappa shape index (κ2) is 11.3. The van der Waals surface area contributed by atoms with Gasteiger partial charge in [0, 0.05) is 26.0 Å². The minimum atomic E-state index is -0.536. The third kappa shape index (κ3) is 7.86. The highest BCUT2D eigenvalue weighted by atomic mass is 16.5. The molecule has 1 aromatic carbocycles. The van der Waals surface area contributed by atoms with E-state index < -0.39 is 11.9 Å². The fourth-order valence-electron chi connectivity index (χ4n) is 2.20. The second-order valence-corrected chi connectivity index (χ2v) is 5.56. The fraction of sp³-hybridized carbons (Fsp3) is 0.300. The zero-order valence-corrected chi connectivity index (χ0v) is 16.3. The number of anilines is 2. The maximum Gasteiger partial charge on any atom is 0.330 e. The van der Waals surface area contributed by atoms with Gasteiger partial charge in [-0.1, -0.05) is 0 Å². The van der Waals surface area contributed by atoms with Crippen LogP contribution in [0.4, 0.5) is 11.4 Å². The molecule has 0 aliphatic heterocycles. The summed E-state index contributed by atoms with van der Waals surface area (Å²) in [6.45, 7) is 6.52. The predicted octanol–water partition coefficient (Wildman–Crippen LogP) is 2.76. The fourth-order valence-corrected chi connectivity index (χ4v) is 2.20. The van der Waals surface area contributed by atoms with Gasteiger partial charge in [-0.2, -0.15) is 0 Å². The van der Waals surface area contributed by atoms with Gasteiger partial charge >= 0.3 is 11.9 Å². The molecular formula is C20H24N2O6. The van der Waals surface area contributed by atoms with E-state index in [1.54, 1.807) is 26.0 Å². The molecule has 0 fully saturated rings. The Kier molecular flexibility index (Phi) is 9.15. The molecular weight excluding hydrogens is 364 g/mol. The number of carbonyl (C=O) groups is 4. The van der Waals surface area contributed by atoms with Gasteiger partial charge in [0.15, 0.2) is 0 Å². The van der Waals surface area contributed by atoms with E-state index in [0.717, 1.165) is 0 Å². The normalized spacial score (nSPS) is 10.7. The quantitative estimate of drug-likeness (QED) is 0.523. The third-order valence-corrected chi connectivity index (χ3v) is 3.21. The van der Waals surface area contributed by atoms with E-state index in [4.69, 9.17) is 9.47 Å². The van der Waals surface area contributed by atoms with Crippen LogP contribution in [0.2, 0.25) is 0 Å². The molecule has 2 N–H and O–H groups in total. The summed E-state index contributed by atoms with van der Waals surface area (Å²) in [4.78, 5) is 46.3. The Morgan fingerprint density at radius 1 is 0.786 bits per heavy atom. The molecule has 28 heavy (non-hydrogen) atoms. The minimum Gasteiger partial charge on any atom is -0.463 e. The summed E-state index contributed by atoms with van der Waals surface area (Å²) in [7, 11) is 0. The van der Waals surface area contributed by atoms with Gasteiger partial charge in [-0.05, 0) is 49.3 Å². The van der Waals surface area contributed by atoms with Crippen molar-refractivity contribution in [1.82, 2.24) is 0 Å². The average molecular weight is 388 g/mol. The number of ether oxygens (including phenoxy) is 2. The lowest BCUT2D eigenvalue weighted by Crippen LogP contribution is -2.11. The van der Waals surface area contributed by atoms with E-state index in [9.17, 15) is 19.2 Å². The molecule has 8 heteroatoms. The van der Waals surface area contributed by atoms with Gasteiger partial charge < -0.3 is 20.1 Å². The molecule has 0 unspecified atom stereocenters. The highest BCUT2D eigenvalue weighted by Crippen LogP contribution is 2.28. The van der Waals surface area contributed by atoms with Crippen molar-refractivity contribution in [3.05, 3.63) is 35.4 Å². The number of esters is 2. The zero-order valence-electron chi connectivity index (χ0n) is 16.3. The molecule has 0 heterocycles. The largest absolute Gasteiger partial charge is 0.463 e. The van der Waals surface area contributed by atoms with Crippen LogP contribution in [0.15, 0.2) is 24.3 Å². The lowest BCUT2D eigenvalue weighted by atomic mass is 10.0. The van der Waals surface area contributed by atoms with Crippen molar-refractivity contribution >= 4 is 47.3 Å². The Hall–Kier alpha value is -3.42. The van der Waals surface area contributed by atoms with Gasteiger partial charge in [0.25, 0.3) is 0 Å². The first-order valence-corrected chi connectivity index (χ1v) is 8.69. The molecule has 0 atom stereocenters. The molecule has 0 aliphatic rings. The van der Waals surface area contributed by atoms with Crippen LogP contribution in [0.5, 0.6) is 0 Å². The molecule has 0 radical (unpaired) electrons. The van der Waals surface area contributed by atoms with E-state index in [2.05, 4.69) is 10.6 Å². The first-order valence-electron chi connectivity index (χ1n) is 8.69. The van der Waals surface area contributed by atoms with Crippen molar-refractivity contribution in [1.29, 1.82) is 0 Å². The molecule has 0 saturated heterocycles. The SMILES string of the molecule is CCOC(=O)C=Cc1cc(C=CC(=O)OCC)c(NC(C)=O)cc1NC(C)=O. The van der Waals surface area contributed by atoms with E-state index in [-0.39, 0.29) is 25.0 Å². The molecule has 0 bridgehead atoms. The van der Waals surface area contributed by atoms with Crippen LogP contribution >= 0.6 is 0 Å². The monoisotopic (exact) mass is 388 g/mol. The van der Waals surface area contributed by atoms with E-state index in [1.807, 2.05) is 0 Å². The van der Waals surface area contributed by atoms with Crippen molar-refractivity contribution < 1.29 is 28.7 Å². The Morgan fingerprint density at radius 3 is 1.50 bits per heavy atom. The van der Waals surface area contributed by atoms with Gasteiger partial charge in [-0.25, -0.2) is 9.59 Å². The number of amides is 2. The highest BCUT2D eigenvalue weighted by Gasteiger charge is 2.11. The first kappa shape index (κ1) is 22.6. The summed E-state index contributed by atoms with van der Waals surface area (Å²) in [6, 6.07) is 3.15. The van der Waals surface area contributed by atoms with Crippen LogP contribution in [0.1, 0.15) is 38.8 Å². The van der Waals surface area contributed by atoms with Crippen LogP contribution in [0, 0.1) is 0 Å². The first-order chi connectivity index (χ1) is 13.3. The Bertz CT molecular complexity index is 748. The van der Waals surface area contributed by atoms with Crippen molar-refractivity contribution in [2.24, 2.45) is 0 Å². The van der Waals surface area contributed by atoms with Crippen LogP contribution in [0.3, 0.4) is 0 Å². The molecule has 150 valence electrons. The predicted molar refractivity (Wildman–Crippen MR) is 106 cm³/mol. The van der Waals surface area contributed by atoms with Gasteiger partial charge in [0.1, 0.15) is 0 Å². The smallest absolute Gasteiger partial charge is 0.330 e. The molecule has 0 spiro atoms.